The summed E-state index contributed by atoms with van der Waals surface area (Å²) in [5, 5.41) is 7.57. The topological polar surface area (TPSA) is 87.5 Å². The van der Waals surface area contributed by atoms with Gasteiger partial charge in [0.2, 0.25) is 0 Å². The van der Waals surface area contributed by atoms with Crippen LogP contribution in [-0.2, 0) is 15.8 Å². The number of alkyl halides is 3. The van der Waals surface area contributed by atoms with Crippen molar-refractivity contribution in [3.05, 3.63) is 119 Å². The van der Waals surface area contributed by atoms with E-state index >= 15 is 0 Å². The minimum absolute atomic E-state index is 0.179. The van der Waals surface area contributed by atoms with Crippen molar-refractivity contribution < 1.29 is 27.6 Å². The van der Waals surface area contributed by atoms with E-state index in [1.807, 2.05) is 43.3 Å². The lowest BCUT2D eigenvalue weighted by Crippen LogP contribution is -2.55. The number of likely N-dealkylation sites (N-methyl/N-ethyl adjacent to an activating group) is 1. The highest BCUT2D eigenvalue weighted by Gasteiger charge is 2.46. The van der Waals surface area contributed by atoms with Crippen LogP contribution in [0.4, 0.5) is 24.7 Å². The van der Waals surface area contributed by atoms with Crippen molar-refractivity contribution in [2.45, 2.75) is 32.0 Å². The zero-order valence-electron chi connectivity index (χ0n) is 23.9. The van der Waals surface area contributed by atoms with Crippen molar-refractivity contribution in [2.75, 3.05) is 22.9 Å². The van der Waals surface area contributed by atoms with Crippen LogP contribution in [0.25, 0.3) is 5.69 Å². The second-order valence-electron chi connectivity index (χ2n) is 10.6. The maximum Gasteiger partial charge on any atom is 0.416 e. The SMILES string of the molecule is CCN1C(=O)[C@@H](NC(=O)c2cccc(C(F)(F)F)c2)[C@H](c2cccc(N3CC=CC3=O)c2)c2c(C)nn(-c3ccccc3)c21. The molecule has 3 aromatic carbocycles. The Labute approximate surface area is 251 Å². The van der Waals surface area contributed by atoms with Crippen LogP contribution in [0.1, 0.15) is 45.6 Å². The van der Waals surface area contributed by atoms with E-state index in [1.165, 1.54) is 17.0 Å². The van der Waals surface area contributed by atoms with Crippen LogP contribution in [0, 0.1) is 6.92 Å². The Morgan fingerprint density at radius 3 is 2.39 bits per heavy atom. The Kier molecular flexibility index (Phi) is 7.32. The summed E-state index contributed by atoms with van der Waals surface area (Å²) in [4.78, 5) is 43.4. The van der Waals surface area contributed by atoms with Crippen LogP contribution < -0.4 is 15.1 Å². The van der Waals surface area contributed by atoms with Crippen molar-refractivity contribution in [3.63, 3.8) is 0 Å². The number of fused-ring (bicyclic) bond motifs is 1. The van der Waals surface area contributed by atoms with Crippen LogP contribution in [0.3, 0.4) is 0 Å². The number of aryl methyl sites for hydroxylation is 1. The maximum atomic E-state index is 14.3. The molecule has 1 N–H and O–H groups in total. The van der Waals surface area contributed by atoms with Crippen LogP contribution in [0.15, 0.2) is 91.0 Å². The average molecular weight is 600 g/mol. The predicted molar refractivity (Wildman–Crippen MR) is 159 cm³/mol. The van der Waals surface area contributed by atoms with E-state index in [0.717, 1.165) is 23.9 Å². The molecule has 0 unspecified atom stereocenters. The van der Waals surface area contributed by atoms with E-state index in [9.17, 15) is 27.6 Å². The lowest BCUT2D eigenvalue weighted by atomic mass is 9.80. The first-order valence-electron chi connectivity index (χ1n) is 14.1. The molecule has 3 amide bonds. The molecule has 2 aliphatic rings. The lowest BCUT2D eigenvalue weighted by Gasteiger charge is -2.38. The van der Waals surface area contributed by atoms with Crippen LogP contribution in [0.5, 0.6) is 0 Å². The molecule has 3 heterocycles. The number of anilines is 2. The lowest BCUT2D eigenvalue weighted by molar-refractivity contribution is -0.137. The molecule has 0 spiro atoms. The molecule has 224 valence electrons. The second-order valence-corrected chi connectivity index (χ2v) is 10.6. The Bertz CT molecular complexity index is 1800. The number of rotatable bonds is 6. The third-order valence-corrected chi connectivity index (χ3v) is 7.92. The summed E-state index contributed by atoms with van der Waals surface area (Å²) in [6.07, 6.45) is -1.40. The summed E-state index contributed by atoms with van der Waals surface area (Å²) >= 11 is 0. The molecule has 44 heavy (non-hydrogen) atoms. The van der Waals surface area contributed by atoms with Gasteiger partial charge < -0.3 is 10.2 Å². The average Bonchev–Trinajstić information content (AvgIpc) is 3.60. The van der Waals surface area contributed by atoms with E-state index in [4.69, 9.17) is 5.10 Å². The van der Waals surface area contributed by atoms with E-state index in [2.05, 4.69) is 5.32 Å². The highest BCUT2D eigenvalue weighted by atomic mass is 19.4. The predicted octanol–water partition coefficient (Wildman–Crippen LogP) is 5.40. The molecule has 0 fully saturated rings. The number of para-hydroxylation sites is 1. The molecule has 2 atom stereocenters. The molecule has 1 aromatic heterocycles. The van der Waals surface area contributed by atoms with Crippen molar-refractivity contribution >= 4 is 29.2 Å². The first-order chi connectivity index (χ1) is 21.1. The largest absolute Gasteiger partial charge is 0.416 e. The Balaban J connectivity index is 1.50. The summed E-state index contributed by atoms with van der Waals surface area (Å²) in [7, 11) is 0. The smallest absolute Gasteiger partial charge is 0.339 e. The molecular weight excluding hydrogens is 571 g/mol. The van der Waals surface area contributed by atoms with Crippen LogP contribution in [0.2, 0.25) is 0 Å². The van der Waals surface area contributed by atoms with Crippen molar-refractivity contribution in [3.8, 4) is 5.69 Å². The number of hydrogen-bond acceptors (Lipinski definition) is 4. The zero-order chi connectivity index (χ0) is 31.2. The summed E-state index contributed by atoms with van der Waals surface area (Å²) in [6, 6.07) is 19.4. The molecule has 0 aliphatic carbocycles. The van der Waals surface area contributed by atoms with Gasteiger partial charge in [0.25, 0.3) is 17.7 Å². The van der Waals surface area contributed by atoms with E-state index in [0.29, 0.717) is 34.9 Å². The molecule has 0 bridgehead atoms. The van der Waals surface area contributed by atoms with E-state index < -0.39 is 35.5 Å². The van der Waals surface area contributed by atoms with Crippen molar-refractivity contribution in [1.82, 2.24) is 15.1 Å². The molecule has 0 saturated carbocycles. The van der Waals surface area contributed by atoms with Crippen LogP contribution >= 0.6 is 0 Å². The Morgan fingerprint density at radius 1 is 0.977 bits per heavy atom. The van der Waals surface area contributed by atoms with Gasteiger partial charge in [0.05, 0.1) is 16.9 Å². The molecular formula is C33H28F3N5O3. The van der Waals surface area contributed by atoms with Crippen molar-refractivity contribution in [1.29, 1.82) is 0 Å². The van der Waals surface area contributed by atoms with Gasteiger partial charge in [-0.25, -0.2) is 4.68 Å². The highest BCUT2D eigenvalue weighted by molar-refractivity contribution is 6.06. The van der Waals surface area contributed by atoms with Gasteiger partial charge in [0.15, 0.2) is 0 Å². The fraction of sp³-hybridized carbons (Fsp3) is 0.212. The van der Waals surface area contributed by atoms with Gasteiger partial charge in [-0.1, -0.05) is 42.5 Å². The van der Waals surface area contributed by atoms with Gasteiger partial charge in [0.1, 0.15) is 11.9 Å². The number of nitrogens with one attached hydrogen (secondary N) is 1. The molecule has 2 aliphatic heterocycles. The molecule has 8 nitrogen and oxygen atoms in total. The fourth-order valence-electron chi connectivity index (χ4n) is 5.91. The molecule has 0 radical (unpaired) electrons. The van der Waals surface area contributed by atoms with Gasteiger partial charge in [-0.05, 0) is 61.9 Å². The number of nitrogens with zero attached hydrogens (tertiary/aromatic N) is 4. The van der Waals surface area contributed by atoms with E-state index in [-0.39, 0.29) is 18.0 Å². The fourth-order valence-corrected chi connectivity index (χ4v) is 5.91. The first-order valence-corrected chi connectivity index (χ1v) is 14.1. The molecule has 6 rings (SSSR count). The number of carbonyl (C=O) groups excluding carboxylic acids is 3. The minimum Gasteiger partial charge on any atom is -0.339 e. The summed E-state index contributed by atoms with van der Waals surface area (Å²) in [5.74, 6) is -1.66. The van der Waals surface area contributed by atoms with Gasteiger partial charge in [0, 0.05) is 41.9 Å². The quantitative estimate of drug-likeness (QED) is 0.322. The van der Waals surface area contributed by atoms with Gasteiger partial charge in [-0.3, -0.25) is 19.3 Å². The number of carbonyl (C=O) groups is 3. The monoisotopic (exact) mass is 599 g/mol. The number of benzene rings is 3. The Hall–Kier alpha value is -5.19. The number of halogens is 3. The zero-order valence-corrected chi connectivity index (χ0v) is 23.9. The minimum atomic E-state index is -4.64. The normalized spacial score (nSPS) is 18.1. The number of aromatic nitrogens is 2. The number of amides is 3. The number of hydrogen-bond donors (Lipinski definition) is 1. The highest BCUT2D eigenvalue weighted by Crippen LogP contribution is 2.44. The Morgan fingerprint density at radius 2 is 1.70 bits per heavy atom. The van der Waals surface area contributed by atoms with E-state index in [1.54, 1.807) is 40.8 Å². The van der Waals surface area contributed by atoms with Gasteiger partial charge in [-0.2, -0.15) is 18.3 Å². The van der Waals surface area contributed by atoms with Gasteiger partial charge in [-0.15, -0.1) is 0 Å². The third kappa shape index (κ3) is 5.04. The van der Waals surface area contributed by atoms with Crippen LogP contribution in [-0.4, -0.2) is 46.6 Å². The van der Waals surface area contributed by atoms with Crippen molar-refractivity contribution in [2.24, 2.45) is 0 Å². The molecule has 4 aromatic rings. The summed E-state index contributed by atoms with van der Waals surface area (Å²) < 4.78 is 42.0. The summed E-state index contributed by atoms with van der Waals surface area (Å²) in [5.41, 5.74) is 2.09. The van der Waals surface area contributed by atoms with Gasteiger partial charge >= 0.3 is 6.18 Å². The maximum absolute atomic E-state index is 14.3. The second kappa shape index (κ2) is 11.1. The molecule has 11 heteroatoms. The first kappa shape index (κ1) is 28.9. The standard InChI is InChI=1S/C33H28F3N5O3/c1-3-39-31-27(20(2)38-41(31)24-13-5-4-6-14-24)28(21-10-8-15-25(19-21)40-17-9-16-26(40)42)29(32(39)44)37-30(43)22-11-7-12-23(18-22)33(34,35)36/h4-16,18-19,28-29H,3,17H2,1-2H3,(H,37,43)/t28-,29+/m1/s1. The third-order valence-electron chi connectivity index (χ3n) is 7.92. The summed E-state index contributed by atoms with van der Waals surface area (Å²) in [6.45, 7) is 4.26. The molecule has 0 saturated heterocycles.